The van der Waals surface area contributed by atoms with Gasteiger partial charge in [0.2, 0.25) is 5.91 Å². The van der Waals surface area contributed by atoms with E-state index in [1.165, 1.54) is 37.7 Å². The van der Waals surface area contributed by atoms with Crippen LogP contribution in [0.3, 0.4) is 0 Å². The van der Waals surface area contributed by atoms with Crippen molar-refractivity contribution in [2.45, 2.75) is 62.4 Å². The Morgan fingerprint density at radius 3 is 2.71 bits per heavy atom. The second-order valence-electron chi connectivity index (χ2n) is 7.08. The third kappa shape index (κ3) is 5.82. The molecule has 0 bridgehead atoms. The van der Waals surface area contributed by atoms with Gasteiger partial charge in [-0.3, -0.25) is 4.79 Å². The number of ether oxygens (including phenoxy) is 1. The van der Waals surface area contributed by atoms with Crippen LogP contribution in [0.25, 0.3) is 0 Å². The van der Waals surface area contributed by atoms with E-state index in [-0.39, 0.29) is 5.91 Å². The number of nitrogens with one attached hydrogen (secondary N) is 1. The normalized spacial score (nSPS) is 20.0. The highest BCUT2D eigenvalue weighted by Crippen LogP contribution is 2.31. The van der Waals surface area contributed by atoms with E-state index in [4.69, 9.17) is 4.74 Å². The first kappa shape index (κ1) is 17.8. The fraction of sp³-hybridized carbons (Fsp3) is 0.650. The maximum absolute atomic E-state index is 12.2. The Balaban J connectivity index is 1.46. The van der Waals surface area contributed by atoms with E-state index in [0.29, 0.717) is 12.3 Å². The van der Waals surface area contributed by atoms with Crippen LogP contribution in [-0.4, -0.2) is 24.4 Å². The summed E-state index contributed by atoms with van der Waals surface area (Å²) in [7, 11) is 0. The second kappa shape index (κ2) is 9.47. The molecule has 0 unspecified atom stereocenters. The lowest BCUT2D eigenvalue weighted by molar-refractivity contribution is -0.117. The summed E-state index contributed by atoms with van der Waals surface area (Å²) in [6.45, 7) is 1.59. The van der Waals surface area contributed by atoms with E-state index in [1.54, 1.807) is 0 Å². The largest absolute Gasteiger partial charge is 0.381 e. The highest BCUT2D eigenvalue weighted by Gasteiger charge is 2.17. The van der Waals surface area contributed by atoms with Gasteiger partial charge >= 0.3 is 0 Å². The molecule has 1 heterocycles. The lowest BCUT2D eigenvalue weighted by Gasteiger charge is -2.21. The fourth-order valence-electron chi connectivity index (χ4n) is 3.61. The first-order chi connectivity index (χ1) is 11.8. The standard InChI is InChI=1S/C20H29NO2S/c22-20(14-16-9-11-23-12-10-16)21-18-6-4-5-17(13-18)15-24-19-7-2-1-3-8-19/h4-6,13,16,19H,1-3,7-12,14-15H2,(H,21,22). The number of rotatable bonds is 6. The van der Waals surface area contributed by atoms with E-state index in [0.717, 1.165) is 42.7 Å². The Bertz CT molecular complexity index is 522. The van der Waals surface area contributed by atoms with Crippen molar-refractivity contribution in [1.82, 2.24) is 0 Å². The van der Waals surface area contributed by atoms with Crippen LogP contribution in [0.2, 0.25) is 0 Å². The van der Waals surface area contributed by atoms with Crippen LogP contribution < -0.4 is 5.32 Å². The molecule has 1 amide bonds. The SMILES string of the molecule is O=C(CC1CCOCC1)Nc1cccc(CSC2CCCCC2)c1. The van der Waals surface area contributed by atoms with Gasteiger partial charge in [0.15, 0.2) is 0 Å². The van der Waals surface area contributed by atoms with Crippen LogP contribution in [0.15, 0.2) is 24.3 Å². The lowest BCUT2D eigenvalue weighted by atomic mass is 9.96. The number of carbonyl (C=O) groups is 1. The molecule has 0 aromatic heterocycles. The van der Waals surface area contributed by atoms with Crippen molar-refractivity contribution >= 4 is 23.4 Å². The molecule has 24 heavy (non-hydrogen) atoms. The topological polar surface area (TPSA) is 38.3 Å². The number of amides is 1. The summed E-state index contributed by atoms with van der Waals surface area (Å²) in [5.41, 5.74) is 2.25. The van der Waals surface area contributed by atoms with Crippen LogP contribution in [-0.2, 0) is 15.3 Å². The van der Waals surface area contributed by atoms with Crippen LogP contribution in [0, 0.1) is 5.92 Å². The predicted octanol–water partition coefficient (Wildman–Crippen LogP) is 5.01. The zero-order chi connectivity index (χ0) is 16.6. The summed E-state index contributed by atoms with van der Waals surface area (Å²) < 4.78 is 5.36. The van der Waals surface area contributed by atoms with Crippen LogP contribution >= 0.6 is 11.8 Å². The van der Waals surface area contributed by atoms with Crippen molar-refractivity contribution in [3.8, 4) is 0 Å². The molecule has 4 heteroatoms. The third-order valence-corrected chi connectivity index (χ3v) is 6.51. The van der Waals surface area contributed by atoms with Crippen molar-refractivity contribution in [2.24, 2.45) is 5.92 Å². The van der Waals surface area contributed by atoms with E-state index in [1.807, 2.05) is 6.07 Å². The molecule has 0 spiro atoms. The average molecular weight is 348 g/mol. The summed E-state index contributed by atoms with van der Waals surface area (Å²) in [6, 6.07) is 8.36. The molecular weight excluding hydrogens is 318 g/mol. The minimum atomic E-state index is 0.138. The molecule has 1 aromatic carbocycles. The minimum absolute atomic E-state index is 0.138. The Hall–Kier alpha value is -1.00. The molecule has 3 rings (SSSR count). The Labute approximate surface area is 149 Å². The number of anilines is 1. The van der Waals surface area contributed by atoms with Gasteiger partial charge in [0, 0.05) is 36.3 Å². The molecule has 3 nitrogen and oxygen atoms in total. The van der Waals surface area contributed by atoms with E-state index in [9.17, 15) is 4.79 Å². The smallest absolute Gasteiger partial charge is 0.224 e. The molecule has 1 saturated heterocycles. The summed E-state index contributed by atoms with van der Waals surface area (Å²) >= 11 is 2.08. The molecular formula is C20H29NO2S. The molecule has 0 radical (unpaired) electrons. The molecule has 2 aliphatic rings. The van der Waals surface area contributed by atoms with Crippen molar-refractivity contribution in [3.63, 3.8) is 0 Å². The van der Waals surface area contributed by atoms with Gasteiger partial charge in [-0.1, -0.05) is 31.4 Å². The molecule has 0 atom stereocenters. The molecule has 132 valence electrons. The van der Waals surface area contributed by atoms with E-state index in [2.05, 4.69) is 35.3 Å². The number of carbonyl (C=O) groups excluding carboxylic acids is 1. The van der Waals surface area contributed by atoms with Gasteiger partial charge in [0.05, 0.1) is 0 Å². The molecule has 1 aliphatic carbocycles. The van der Waals surface area contributed by atoms with Gasteiger partial charge in [0.1, 0.15) is 0 Å². The summed E-state index contributed by atoms with van der Waals surface area (Å²) in [6.07, 6.45) is 9.55. The summed E-state index contributed by atoms with van der Waals surface area (Å²) in [5.74, 6) is 1.66. The minimum Gasteiger partial charge on any atom is -0.381 e. The van der Waals surface area contributed by atoms with Crippen LogP contribution in [0.1, 0.15) is 56.9 Å². The zero-order valence-electron chi connectivity index (χ0n) is 14.5. The lowest BCUT2D eigenvalue weighted by Crippen LogP contribution is -2.22. The van der Waals surface area contributed by atoms with Crippen LogP contribution in [0.4, 0.5) is 5.69 Å². The number of hydrogen-bond acceptors (Lipinski definition) is 3. The van der Waals surface area contributed by atoms with Crippen molar-refractivity contribution in [2.75, 3.05) is 18.5 Å². The van der Waals surface area contributed by atoms with E-state index < -0.39 is 0 Å². The molecule has 2 fully saturated rings. The quantitative estimate of drug-likeness (QED) is 0.786. The number of benzene rings is 1. The van der Waals surface area contributed by atoms with Gasteiger partial charge in [-0.05, 0) is 49.3 Å². The van der Waals surface area contributed by atoms with Crippen molar-refractivity contribution in [1.29, 1.82) is 0 Å². The summed E-state index contributed by atoms with van der Waals surface area (Å²) in [5, 5.41) is 3.90. The Kier molecular flexibility index (Phi) is 7.03. The first-order valence-corrected chi connectivity index (χ1v) is 10.4. The molecule has 1 saturated carbocycles. The van der Waals surface area contributed by atoms with Gasteiger partial charge in [-0.2, -0.15) is 11.8 Å². The van der Waals surface area contributed by atoms with Crippen molar-refractivity contribution < 1.29 is 9.53 Å². The molecule has 1 N–H and O–H groups in total. The third-order valence-electron chi connectivity index (χ3n) is 5.06. The van der Waals surface area contributed by atoms with Crippen LogP contribution in [0.5, 0.6) is 0 Å². The van der Waals surface area contributed by atoms with Gasteiger partial charge in [-0.15, -0.1) is 0 Å². The molecule has 1 aliphatic heterocycles. The highest BCUT2D eigenvalue weighted by molar-refractivity contribution is 7.99. The zero-order valence-corrected chi connectivity index (χ0v) is 15.3. The average Bonchev–Trinajstić information content (AvgIpc) is 2.62. The highest BCUT2D eigenvalue weighted by atomic mass is 32.2. The maximum Gasteiger partial charge on any atom is 0.224 e. The monoisotopic (exact) mass is 347 g/mol. The van der Waals surface area contributed by atoms with Gasteiger partial charge in [0.25, 0.3) is 0 Å². The van der Waals surface area contributed by atoms with Crippen molar-refractivity contribution in [3.05, 3.63) is 29.8 Å². The predicted molar refractivity (Wildman–Crippen MR) is 101 cm³/mol. The number of hydrogen-bond donors (Lipinski definition) is 1. The second-order valence-corrected chi connectivity index (χ2v) is 8.37. The van der Waals surface area contributed by atoms with Gasteiger partial charge in [-0.25, -0.2) is 0 Å². The van der Waals surface area contributed by atoms with E-state index >= 15 is 0 Å². The first-order valence-electron chi connectivity index (χ1n) is 9.38. The fourth-order valence-corrected chi connectivity index (χ4v) is 4.88. The number of thioether (sulfide) groups is 1. The summed E-state index contributed by atoms with van der Waals surface area (Å²) in [4.78, 5) is 12.2. The maximum atomic E-state index is 12.2. The Morgan fingerprint density at radius 1 is 1.12 bits per heavy atom. The van der Waals surface area contributed by atoms with Gasteiger partial charge < -0.3 is 10.1 Å². The Morgan fingerprint density at radius 2 is 1.92 bits per heavy atom. The molecule has 1 aromatic rings.